The highest BCUT2D eigenvalue weighted by Crippen LogP contribution is 2.43. The van der Waals surface area contributed by atoms with Gasteiger partial charge in [-0.05, 0) is 84.4 Å². The SMILES string of the molecule is C[C@@H]1CN(CCCOC2CCC(N3C(S)N(c4cnc(C#N)c(C(F)(F)F)c4)C(=O)C3(C)C)CC2)C[C@H](C)N1CC(=O)Nc1ccc(C2CCC(=O)NC2=O)nc1. The van der Waals surface area contributed by atoms with E-state index < -0.39 is 34.4 Å². The molecule has 4 amide bonds. The number of rotatable bonds is 11. The zero-order valence-electron chi connectivity index (χ0n) is 32.6. The number of piperazine rings is 1. The Labute approximate surface area is 335 Å². The Bertz CT molecular complexity index is 1860. The third-order valence-corrected chi connectivity index (χ3v) is 12.1. The lowest BCUT2D eigenvalue weighted by Crippen LogP contribution is -2.58. The van der Waals surface area contributed by atoms with Gasteiger partial charge in [0, 0.05) is 50.8 Å². The van der Waals surface area contributed by atoms with E-state index in [-0.39, 0.29) is 66.5 Å². The van der Waals surface area contributed by atoms with Crippen LogP contribution in [0.15, 0.2) is 30.6 Å². The molecule has 4 fully saturated rings. The van der Waals surface area contributed by atoms with Crippen molar-refractivity contribution in [1.82, 2.24) is 30.0 Å². The van der Waals surface area contributed by atoms with Crippen LogP contribution in [0, 0.1) is 11.3 Å². The van der Waals surface area contributed by atoms with Crippen molar-refractivity contribution in [3.63, 3.8) is 0 Å². The van der Waals surface area contributed by atoms with Gasteiger partial charge in [0.1, 0.15) is 11.6 Å². The number of anilines is 2. The van der Waals surface area contributed by atoms with E-state index in [4.69, 9.17) is 22.6 Å². The second-order valence-electron chi connectivity index (χ2n) is 16.0. The van der Waals surface area contributed by atoms with Crippen molar-refractivity contribution in [2.45, 2.75) is 120 Å². The van der Waals surface area contributed by atoms with E-state index in [0.717, 1.165) is 64.0 Å². The molecule has 0 aromatic carbocycles. The van der Waals surface area contributed by atoms with Crippen LogP contribution in [0.2, 0.25) is 0 Å². The molecular formula is C39H50F3N9O5S. The average molecular weight is 814 g/mol. The molecule has 0 bridgehead atoms. The number of piperidine rings is 1. The number of hydrogen-bond acceptors (Lipinski definition) is 12. The lowest BCUT2D eigenvalue weighted by molar-refractivity contribution is -0.138. The van der Waals surface area contributed by atoms with Gasteiger partial charge in [-0.2, -0.15) is 18.4 Å². The first-order chi connectivity index (χ1) is 27.0. The summed E-state index contributed by atoms with van der Waals surface area (Å²) in [7, 11) is 0. The molecule has 1 aliphatic carbocycles. The Balaban J connectivity index is 0.917. The molecule has 4 atom stereocenters. The van der Waals surface area contributed by atoms with Crippen LogP contribution in [-0.2, 0) is 30.1 Å². The molecule has 2 N–H and O–H groups in total. The van der Waals surface area contributed by atoms with Crippen molar-refractivity contribution in [1.29, 1.82) is 5.26 Å². The first-order valence-electron chi connectivity index (χ1n) is 19.4. The topological polar surface area (TPSA) is 164 Å². The van der Waals surface area contributed by atoms with Gasteiger partial charge in [-0.3, -0.25) is 44.2 Å². The Hall–Kier alpha value is -4.15. The second-order valence-corrected chi connectivity index (χ2v) is 16.5. The van der Waals surface area contributed by atoms with Gasteiger partial charge in [0.15, 0.2) is 5.69 Å². The lowest BCUT2D eigenvalue weighted by atomic mass is 9.89. The van der Waals surface area contributed by atoms with Crippen LogP contribution in [-0.4, -0.2) is 116 Å². The maximum atomic E-state index is 13.7. The number of carbonyl (C=O) groups excluding carboxylic acids is 4. The number of ether oxygens (including phenoxy) is 1. The van der Waals surface area contributed by atoms with Gasteiger partial charge in [-0.25, -0.2) is 4.98 Å². The number of carbonyl (C=O) groups is 4. The number of imide groups is 1. The van der Waals surface area contributed by atoms with Crippen LogP contribution in [0.3, 0.4) is 0 Å². The molecule has 4 aliphatic rings. The van der Waals surface area contributed by atoms with Crippen molar-refractivity contribution in [3.05, 3.63) is 47.5 Å². The molecule has 3 aliphatic heterocycles. The molecule has 0 radical (unpaired) electrons. The molecule has 3 saturated heterocycles. The van der Waals surface area contributed by atoms with E-state index in [1.54, 1.807) is 26.0 Å². The molecule has 6 rings (SSSR count). The van der Waals surface area contributed by atoms with Crippen molar-refractivity contribution in [3.8, 4) is 6.07 Å². The average Bonchev–Trinajstić information content (AvgIpc) is 3.33. The van der Waals surface area contributed by atoms with Crippen LogP contribution < -0.4 is 15.5 Å². The van der Waals surface area contributed by atoms with Crippen molar-refractivity contribution >= 4 is 47.6 Å². The fraction of sp³-hybridized carbons (Fsp3) is 0.615. The molecule has 2 aromatic rings. The van der Waals surface area contributed by atoms with E-state index in [0.29, 0.717) is 24.4 Å². The van der Waals surface area contributed by atoms with Gasteiger partial charge in [-0.15, -0.1) is 12.6 Å². The predicted molar refractivity (Wildman–Crippen MR) is 207 cm³/mol. The number of thiol groups is 1. The minimum absolute atomic E-state index is 0.0340. The molecule has 5 heterocycles. The summed E-state index contributed by atoms with van der Waals surface area (Å²) in [6.07, 6.45) is 2.46. The van der Waals surface area contributed by atoms with Gasteiger partial charge in [0.25, 0.3) is 0 Å². The third-order valence-electron chi connectivity index (χ3n) is 11.6. The number of amides is 4. The minimum Gasteiger partial charge on any atom is -0.378 e. The number of nitrogens with one attached hydrogen (secondary N) is 2. The summed E-state index contributed by atoms with van der Waals surface area (Å²) in [5.41, 5.74) is -2.73. The van der Waals surface area contributed by atoms with E-state index in [9.17, 15) is 32.3 Å². The summed E-state index contributed by atoms with van der Waals surface area (Å²) in [6, 6.07) is 5.97. The van der Waals surface area contributed by atoms with Crippen LogP contribution in [0.1, 0.15) is 95.5 Å². The summed E-state index contributed by atoms with van der Waals surface area (Å²) < 4.78 is 47.4. The fourth-order valence-corrected chi connectivity index (χ4v) is 9.44. The van der Waals surface area contributed by atoms with Gasteiger partial charge in [-0.1, -0.05) is 0 Å². The van der Waals surface area contributed by atoms with Crippen molar-refractivity contribution < 1.29 is 37.1 Å². The first kappa shape index (κ1) is 42.5. The number of hydrogen-bond donors (Lipinski definition) is 3. The Morgan fingerprint density at radius 1 is 1.07 bits per heavy atom. The molecule has 308 valence electrons. The Kier molecular flexibility index (Phi) is 12.9. The molecule has 18 heteroatoms. The quantitative estimate of drug-likeness (QED) is 0.169. The normalized spacial score (nSPS) is 27.6. The van der Waals surface area contributed by atoms with Crippen molar-refractivity contribution in [2.24, 2.45) is 0 Å². The van der Waals surface area contributed by atoms with Crippen LogP contribution in [0.5, 0.6) is 0 Å². The lowest BCUT2D eigenvalue weighted by Gasteiger charge is -2.44. The van der Waals surface area contributed by atoms with E-state index in [1.807, 2.05) is 4.90 Å². The van der Waals surface area contributed by atoms with Gasteiger partial charge >= 0.3 is 6.18 Å². The molecule has 2 aromatic heterocycles. The summed E-state index contributed by atoms with van der Waals surface area (Å²) in [4.78, 5) is 66.1. The molecule has 2 unspecified atom stereocenters. The maximum Gasteiger partial charge on any atom is 0.419 e. The zero-order valence-corrected chi connectivity index (χ0v) is 33.5. The van der Waals surface area contributed by atoms with E-state index >= 15 is 0 Å². The van der Waals surface area contributed by atoms with Gasteiger partial charge in [0.2, 0.25) is 23.6 Å². The largest absolute Gasteiger partial charge is 0.419 e. The minimum atomic E-state index is -4.80. The summed E-state index contributed by atoms with van der Waals surface area (Å²) in [5, 5.41) is 14.4. The Morgan fingerprint density at radius 3 is 2.39 bits per heavy atom. The number of alkyl halides is 3. The molecular weight excluding hydrogens is 764 g/mol. The maximum absolute atomic E-state index is 13.7. The highest BCUT2D eigenvalue weighted by Gasteiger charge is 2.54. The highest BCUT2D eigenvalue weighted by atomic mass is 32.1. The number of nitrogens with zero attached hydrogens (tertiary/aromatic N) is 7. The van der Waals surface area contributed by atoms with Crippen LogP contribution in [0.25, 0.3) is 0 Å². The standard InChI is InChI=1S/C39H50F3N9O5S/c1-23-20-48(21-24(2)49(23)22-34(53)46-25-6-12-31(44-18-25)29-11-13-33(52)47-35(29)54)14-5-15-56-28-9-7-26(8-10-28)51-37(57)50(36(55)38(51,3)4)27-16-30(39(40,41)42)32(17-43)45-19-27/h6,12,16,18-19,23-24,26,28-29,37,57H,5,7-11,13-15,20-22H2,1-4H3,(H,46,53)(H,47,52,54)/t23-,24+,26?,28?,29?,37?. The fourth-order valence-electron chi connectivity index (χ4n) is 8.73. The smallest absolute Gasteiger partial charge is 0.378 e. The van der Waals surface area contributed by atoms with Crippen molar-refractivity contribution in [2.75, 3.05) is 43.0 Å². The monoisotopic (exact) mass is 813 g/mol. The molecule has 57 heavy (non-hydrogen) atoms. The summed E-state index contributed by atoms with van der Waals surface area (Å²) in [6.45, 7) is 11.1. The number of pyridine rings is 2. The molecule has 14 nitrogen and oxygen atoms in total. The first-order valence-corrected chi connectivity index (χ1v) is 20.0. The van der Waals surface area contributed by atoms with Crippen LogP contribution in [0.4, 0.5) is 24.5 Å². The highest BCUT2D eigenvalue weighted by molar-refractivity contribution is 7.81. The number of halogens is 3. The summed E-state index contributed by atoms with van der Waals surface area (Å²) in [5.74, 6) is -1.65. The molecule has 1 saturated carbocycles. The van der Waals surface area contributed by atoms with Gasteiger partial charge < -0.3 is 15.0 Å². The molecule has 0 spiro atoms. The van der Waals surface area contributed by atoms with Crippen LogP contribution >= 0.6 is 12.6 Å². The zero-order chi connectivity index (χ0) is 41.2. The second kappa shape index (κ2) is 17.4. The van der Waals surface area contributed by atoms with Gasteiger partial charge in [0.05, 0.1) is 59.1 Å². The number of aromatic nitrogens is 2. The van der Waals surface area contributed by atoms with E-state index in [2.05, 4.69) is 44.2 Å². The predicted octanol–water partition coefficient (Wildman–Crippen LogP) is 4.28. The number of nitriles is 1. The summed E-state index contributed by atoms with van der Waals surface area (Å²) >= 11 is 4.73. The van der Waals surface area contributed by atoms with E-state index in [1.165, 1.54) is 17.2 Å². The Morgan fingerprint density at radius 2 is 1.77 bits per heavy atom. The third kappa shape index (κ3) is 9.44.